The molecule has 3 heteroatoms. The molecule has 0 saturated heterocycles. The zero-order valence-electron chi connectivity index (χ0n) is 15.5. The minimum Gasteiger partial charge on any atom is -0.478 e. The van der Waals surface area contributed by atoms with Crippen LogP contribution < -0.4 is 0 Å². The van der Waals surface area contributed by atoms with E-state index in [2.05, 4.69) is 32.9 Å². The number of allylic oxidation sites excluding steroid dienone is 8. The molecule has 1 rings (SSSR count). The molecular weight excluding hydrogens is 300 g/mol. The third kappa shape index (κ3) is 5.97. The normalized spacial score (nSPS) is 22.7. The minimum absolute atomic E-state index is 0.128. The van der Waals surface area contributed by atoms with E-state index in [1.165, 1.54) is 17.2 Å². The molecule has 0 aromatic heterocycles. The molecule has 0 heterocycles. The van der Waals surface area contributed by atoms with Crippen molar-refractivity contribution in [1.29, 1.82) is 0 Å². The fourth-order valence-electron chi connectivity index (χ4n) is 3.09. The summed E-state index contributed by atoms with van der Waals surface area (Å²) in [4.78, 5) is 10.6. The predicted octanol–water partition coefficient (Wildman–Crippen LogP) is 4.82. The summed E-state index contributed by atoms with van der Waals surface area (Å²) in [5, 5.41) is 18.2. The van der Waals surface area contributed by atoms with Gasteiger partial charge in [-0.05, 0) is 50.2 Å². The number of carbonyl (C=O) groups is 1. The van der Waals surface area contributed by atoms with Gasteiger partial charge in [0.05, 0.1) is 0 Å². The lowest BCUT2D eigenvalue weighted by atomic mass is 9.69. The first-order valence-corrected chi connectivity index (χ1v) is 8.43. The summed E-state index contributed by atoms with van der Waals surface area (Å²) in [6.45, 7) is 10.6. The zero-order valence-corrected chi connectivity index (χ0v) is 15.5. The molecule has 0 saturated carbocycles. The van der Waals surface area contributed by atoms with Gasteiger partial charge < -0.3 is 10.2 Å². The van der Waals surface area contributed by atoms with Gasteiger partial charge in [0, 0.05) is 18.6 Å². The van der Waals surface area contributed by atoms with Crippen molar-refractivity contribution in [3.63, 3.8) is 0 Å². The van der Waals surface area contributed by atoms with E-state index in [0.717, 1.165) is 18.4 Å². The quantitative estimate of drug-likeness (QED) is 0.542. The molecule has 0 aromatic rings. The van der Waals surface area contributed by atoms with Crippen LogP contribution in [0, 0.1) is 11.3 Å². The number of carboxylic acids is 1. The summed E-state index contributed by atoms with van der Waals surface area (Å²) in [7, 11) is 0. The first-order valence-electron chi connectivity index (χ1n) is 8.43. The van der Waals surface area contributed by atoms with Crippen LogP contribution in [0.4, 0.5) is 0 Å². The Morgan fingerprint density at radius 1 is 1.25 bits per heavy atom. The summed E-state index contributed by atoms with van der Waals surface area (Å²) in [6.07, 6.45) is 13.2. The average molecular weight is 330 g/mol. The van der Waals surface area contributed by atoms with Crippen LogP contribution in [0.1, 0.15) is 47.5 Å². The van der Waals surface area contributed by atoms with Crippen LogP contribution >= 0.6 is 0 Å². The molecule has 0 bridgehead atoms. The molecule has 1 aliphatic rings. The van der Waals surface area contributed by atoms with E-state index in [-0.39, 0.29) is 17.9 Å². The van der Waals surface area contributed by atoms with Crippen molar-refractivity contribution in [2.75, 3.05) is 6.61 Å². The Hall–Kier alpha value is -1.87. The molecule has 0 fully saturated rings. The molecule has 0 radical (unpaired) electrons. The SMILES string of the molecule is CC1=C(/C=C/C(C)=C/C=C/C(C)=C/C(=O)O)C(C)(C)CCC1CO. The summed E-state index contributed by atoms with van der Waals surface area (Å²) in [6, 6.07) is 0. The summed E-state index contributed by atoms with van der Waals surface area (Å²) in [5.41, 5.74) is 4.52. The molecule has 0 spiro atoms. The van der Waals surface area contributed by atoms with Gasteiger partial charge in [-0.1, -0.05) is 55.4 Å². The highest BCUT2D eigenvalue weighted by atomic mass is 16.4. The average Bonchev–Trinajstić information content (AvgIpc) is 2.45. The lowest BCUT2D eigenvalue weighted by Crippen LogP contribution is -2.26. The second-order valence-electron chi connectivity index (χ2n) is 7.23. The minimum atomic E-state index is -0.932. The fraction of sp³-hybridized carbons (Fsp3) is 0.476. The van der Waals surface area contributed by atoms with E-state index >= 15 is 0 Å². The molecule has 1 aliphatic carbocycles. The van der Waals surface area contributed by atoms with Gasteiger partial charge in [-0.25, -0.2) is 4.79 Å². The Morgan fingerprint density at radius 3 is 2.50 bits per heavy atom. The molecule has 132 valence electrons. The van der Waals surface area contributed by atoms with Gasteiger partial charge in [0.15, 0.2) is 0 Å². The lowest BCUT2D eigenvalue weighted by Gasteiger charge is -2.36. The van der Waals surface area contributed by atoms with E-state index in [9.17, 15) is 9.90 Å². The zero-order chi connectivity index (χ0) is 18.3. The maximum absolute atomic E-state index is 10.6. The maximum atomic E-state index is 10.6. The van der Waals surface area contributed by atoms with Crippen LogP contribution in [0.5, 0.6) is 0 Å². The van der Waals surface area contributed by atoms with Gasteiger partial charge in [-0.3, -0.25) is 0 Å². The van der Waals surface area contributed by atoms with Gasteiger partial charge in [-0.15, -0.1) is 0 Å². The molecule has 1 atom stereocenters. The van der Waals surface area contributed by atoms with E-state index in [1.807, 2.05) is 19.1 Å². The van der Waals surface area contributed by atoms with Crippen molar-refractivity contribution >= 4 is 5.97 Å². The second-order valence-corrected chi connectivity index (χ2v) is 7.23. The second kappa shape index (κ2) is 8.84. The molecule has 0 aliphatic heterocycles. The smallest absolute Gasteiger partial charge is 0.328 e. The highest BCUT2D eigenvalue weighted by Gasteiger charge is 2.31. The fourth-order valence-corrected chi connectivity index (χ4v) is 3.09. The van der Waals surface area contributed by atoms with Crippen LogP contribution in [0.25, 0.3) is 0 Å². The lowest BCUT2D eigenvalue weighted by molar-refractivity contribution is -0.131. The van der Waals surface area contributed by atoms with Crippen molar-refractivity contribution in [2.45, 2.75) is 47.5 Å². The van der Waals surface area contributed by atoms with Crippen molar-refractivity contribution < 1.29 is 15.0 Å². The largest absolute Gasteiger partial charge is 0.478 e. The Labute approximate surface area is 145 Å². The van der Waals surface area contributed by atoms with Crippen molar-refractivity contribution in [1.82, 2.24) is 0 Å². The summed E-state index contributed by atoms with van der Waals surface area (Å²) >= 11 is 0. The third-order valence-corrected chi connectivity index (χ3v) is 4.69. The Kier molecular flexibility index (Phi) is 7.43. The van der Waals surface area contributed by atoms with Gasteiger partial charge >= 0.3 is 5.97 Å². The molecule has 0 aromatic carbocycles. The number of aliphatic hydroxyl groups is 1. The predicted molar refractivity (Wildman–Crippen MR) is 99.7 cm³/mol. The van der Waals surface area contributed by atoms with Crippen molar-refractivity contribution in [3.8, 4) is 0 Å². The summed E-state index contributed by atoms with van der Waals surface area (Å²) in [5.74, 6) is -0.663. The van der Waals surface area contributed by atoms with E-state index in [0.29, 0.717) is 5.57 Å². The van der Waals surface area contributed by atoms with Crippen LogP contribution in [0.3, 0.4) is 0 Å². The molecule has 1 unspecified atom stereocenters. The molecular formula is C21H30O3. The topological polar surface area (TPSA) is 57.5 Å². The Balaban J connectivity index is 2.91. The van der Waals surface area contributed by atoms with Crippen LogP contribution in [-0.2, 0) is 4.79 Å². The van der Waals surface area contributed by atoms with Gasteiger partial charge in [0.2, 0.25) is 0 Å². The third-order valence-electron chi connectivity index (χ3n) is 4.69. The molecule has 24 heavy (non-hydrogen) atoms. The molecule has 3 nitrogen and oxygen atoms in total. The summed E-state index contributed by atoms with van der Waals surface area (Å²) < 4.78 is 0. The van der Waals surface area contributed by atoms with Gasteiger partial charge in [-0.2, -0.15) is 0 Å². The number of carboxylic acid groups (broad SMARTS) is 1. The molecule has 0 amide bonds. The highest BCUT2D eigenvalue weighted by Crippen LogP contribution is 2.43. The van der Waals surface area contributed by atoms with E-state index in [4.69, 9.17) is 5.11 Å². The van der Waals surface area contributed by atoms with E-state index in [1.54, 1.807) is 13.0 Å². The van der Waals surface area contributed by atoms with E-state index < -0.39 is 5.97 Å². The number of hydrogen-bond donors (Lipinski definition) is 2. The first kappa shape index (κ1) is 20.2. The highest BCUT2D eigenvalue weighted by molar-refractivity contribution is 5.81. The standard InChI is InChI=1S/C21H30O3/c1-15(7-6-8-16(2)13-20(23)24)9-10-19-17(3)18(14-22)11-12-21(19,4)5/h6-10,13,18,22H,11-12,14H2,1-5H3,(H,23,24)/b8-6+,10-9+,15-7+,16-13+. The van der Waals surface area contributed by atoms with Crippen LogP contribution in [0.15, 0.2) is 58.7 Å². The number of aliphatic hydroxyl groups excluding tert-OH is 1. The number of aliphatic carboxylic acids is 1. The maximum Gasteiger partial charge on any atom is 0.328 e. The van der Waals surface area contributed by atoms with Crippen molar-refractivity contribution in [3.05, 3.63) is 58.7 Å². The first-order chi connectivity index (χ1) is 11.2. The van der Waals surface area contributed by atoms with Gasteiger partial charge in [0.25, 0.3) is 0 Å². The monoisotopic (exact) mass is 330 g/mol. The number of hydrogen-bond acceptors (Lipinski definition) is 2. The van der Waals surface area contributed by atoms with Crippen molar-refractivity contribution in [2.24, 2.45) is 11.3 Å². The molecule has 2 N–H and O–H groups in total. The number of rotatable bonds is 6. The van der Waals surface area contributed by atoms with Gasteiger partial charge in [0.1, 0.15) is 0 Å². The van der Waals surface area contributed by atoms with Crippen LogP contribution in [0.2, 0.25) is 0 Å². The Bertz CT molecular complexity index is 613. The van der Waals surface area contributed by atoms with Crippen LogP contribution in [-0.4, -0.2) is 22.8 Å². The Morgan fingerprint density at radius 2 is 1.92 bits per heavy atom.